The van der Waals surface area contributed by atoms with Crippen molar-refractivity contribution in [3.05, 3.63) is 158 Å². The van der Waals surface area contributed by atoms with E-state index in [0.29, 0.717) is 28.4 Å². The number of furan rings is 1. The Bertz CT molecular complexity index is 3380. The molecule has 0 bridgehead atoms. The molecule has 11 rings (SSSR count). The minimum atomic E-state index is -0.484. The summed E-state index contributed by atoms with van der Waals surface area (Å²) in [6.45, 7) is 0. The number of nitrogens with zero attached hydrogens (tertiary/aromatic N) is 4. The highest BCUT2D eigenvalue weighted by Gasteiger charge is 2.20. The molecule has 6 heteroatoms. The number of aromatic nitrogens is 4. The minimum Gasteiger partial charge on any atom is -0.456 e. The summed E-state index contributed by atoms with van der Waals surface area (Å²) in [5.74, 6) is 0.592. The van der Waals surface area contributed by atoms with E-state index in [2.05, 4.69) is 77.4 Å². The SMILES string of the molecule is [2H]c1c([2H])c([2H])c(-c2nc(-c3cccc4oc5ccccc5c34)nc(-c3cccc4sc5cc(-n6c7ccccc7c7ccccc76)ccc5c34)n2)c([2H])c1[2H]. The lowest BCUT2D eigenvalue weighted by atomic mass is 10.0. The van der Waals surface area contributed by atoms with Gasteiger partial charge in [-0.15, -0.1) is 11.3 Å². The normalized spacial score (nSPS) is 13.3. The molecule has 0 atom stereocenters. The summed E-state index contributed by atoms with van der Waals surface area (Å²) in [5.41, 5.74) is 5.99. The van der Waals surface area contributed by atoms with E-state index in [1.807, 2.05) is 54.6 Å². The lowest BCUT2D eigenvalue weighted by Gasteiger charge is -2.10. The Balaban J connectivity index is 1.17. The Hall–Kier alpha value is -6.63. The number of benzene rings is 7. The Morgan fingerprint density at radius 2 is 1.14 bits per heavy atom. The highest BCUT2D eigenvalue weighted by atomic mass is 32.1. The van der Waals surface area contributed by atoms with E-state index < -0.39 is 18.1 Å². The second kappa shape index (κ2) is 10.9. The van der Waals surface area contributed by atoms with E-state index in [0.717, 1.165) is 53.2 Å². The monoisotopic (exact) mass is 675 g/mol. The third kappa shape index (κ3) is 4.30. The van der Waals surface area contributed by atoms with Crippen LogP contribution in [0, 0.1) is 0 Å². The first-order valence-electron chi connectivity index (χ1n) is 19.0. The van der Waals surface area contributed by atoms with Gasteiger partial charge in [-0.3, -0.25) is 0 Å². The molecule has 4 aromatic heterocycles. The average molecular weight is 676 g/mol. The van der Waals surface area contributed by atoms with E-state index >= 15 is 0 Å². The number of thiophene rings is 1. The highest BCUT2D eigenvalue weighted by molar-refractivity contribution is 7.26. The van der Waals surface area contributed by atoms with Gasteiger partial charge in [0.15, 0.2) is 17.5 Å². The molecule has 4 heterocycles. The number of rotatable bonds is 4. The first-order valence-corrected chi connectivity index (χ1v) is 17.4. The number of hydrogen-bond acceptors (Lipinski definition) is 5. The van der Waals surface area contributed by atoms with Gasteiger partial charge in [0.2, 0.25) is 0 Å². The van der Waals surface area contributed by atoms with Crippen molar-refractivity contribution >= 4 is 75.3 Å². The molecule has 0 unspecified atom stereocenters. The molecule has 0 fully saturated rings. The molecule has 0 saturated heterocycles. The van der Waals surface area contributed by atoms with Gasteiger partial charge in [-0.2, -0.15) is 0 Å². The summed E-state index contributed by atoms with van der Waals surface area (Å²) in [4.78, 5) is 14.9. The molecule has 0 spiro atoms. The van der Waals surface area contributed by atoms with Crippen LogP contribution in [0.15, 0.2) is 162 Å². The van der Waals surface area contributed by atoms with Gasteiger partial charge in [-0.05, 0) is 42.5 Å². The first kappa shape index (κ1) is 23.7. The van der Waals surface area contributed by atoms with E-state index in [-0.39, 0.29) is 23.5 Å². The summed E-state index contributed by atoms with van der Waals surface area (Å²) in [7, 11) is 0. The van der Waals surface area contributed by atoms with Crippen molar-refractivity contribution in [1.82, 2.24) is 19.5 Å². The van der Waals surface area contributed by atoms with E-state index in [9.17, 15) is 0 Å². The van der Waals surface area contributed by atoms with Crippen molar-refractivity contribution in [3.63, 3.8) is 0 Å². The molecule has 0 saturated carbocycles. The molecule has 11 aromatic rings. The topological polar surface area (TPSA) is 56.7 Å². The largest absolute Gasteiger partial charge is 0.456 e. The van der Waals surface area contributed by atoms with E-state index in [1.165, 1.54) is 10.8 Å². The zero-order valence-electron chi connectivity index (χ0n) is 31.7. The molecule has 0 N–H and O–H groups in total. The number of fused-ring (bicyclic) bond motifs is 9. The van der Waals surface area contributed by atoms with E-state index in [1.54, 1.807) is 11.3 Å². The third-order valence-electron chi connectivity index (χ3n) is 9.56. The van der Waals surface area contributed by atoms with Crippen molar-refractivity contribution in [2.45, 2.75) is 0 Å². The van der Waals surface area contributed by atoms with E-state index in [4.69, 9.17) is 26.2 Å². The molecular formula is C45H26N4OS. The van der Waals surface area contributed by atoms with Gasteiger partial charge in [-0.1, -0.05) is 115 Å². The zero-order valence-corrected chi connectivity index (χ0v) is 27.5. The van der Waals surface area contributed by atoms with Crippen LogP contribution in [0.2, 0.25) is 0 Å². The lowest BCUT2D eigenvalue weighted by molar-refractivity contribution is 0.669. The van der Waals surface area contributed by atoms with Gasteiger partial charge in [0.1, 0.15) is 11.2 Å². The summed E-state index contributed by atoms with van der Waals surface area (Å²) >= 11 is 1.68. The molecule has 0 aliphatic carbocycles. The first-order chi connectivity index (χ1) is 27.4. The van der Waals surface area contributed by atoms with Crippen LogP contribution in [0.25, 0.3) is 104 Å². The Morgan fingerprint density at radius 3 is 1.90 bits per heavy atom. The Labute approximate surface area is 302 Å². The Morgan fingerprint density at radius 1 is 0.510 bits per heavy atom. The molecule has 7 aromatic carbocycles. The van der Waals surface area contributed by atoms with Crippen molar-refractivity contribution in [1.29, 1.82) is 0 Å². The van der Waals surface area contributed by atoms with Crippen molar-refractivity contribution < 1.29 is 11.3 Å². The van der Waals surface area contributed by atoms with Crippen molar-refractivity contribution in [3.8, 4) is 39.9 Å². The van der Waals surface area contributed by atoms with Crippen LogP contribution in [0.3, 0.4) is 0 Å². The molecular weight excluding hydrogens is 645 g/mol. The second-order valence-corrected chi connectivity index (χ2v) is 13.5. The summed E-state index contributed by atoms with van der Waals surface area (Å²) in [6, 6.07) is 40.7. The summed E-state index contributed by atoms with van der Waals surface area (Å²) in [5, 5.41) is 6.07. The maximum absolute atomic E-state index is 8.84. The predicted octanol–water partition coefficient (Wildman–Crippen LogP) is 12.2. The fraction of sp³-hybridized carbons (Fsp3) is 0. The van der Waals surface area contributed by atoms with Crippen molar-refractivity contribution in [2.24, 2.45) is 0 Å². The van der Waals surface area contributed by atoms with Gasteiger partial charge in [0, 0.05) is 64.1 Å². The molecule has 5 nitrogen and oxygen atoms in total. The van der Waals surface area contributed by atoms with Crippen LogP contribution in [0.1, 0.15) is 6.85 Å². The summed E-state index contributed by atoms with van der Waals surface area (Å²) in [6.07, 6.45) is 0. The Kier molecular flexibility index (Phi) is 5.08. The zero-order chi connectivity index (χ0) is 37.8. The molecule has 0 radical (unpaired) electrons. The fourth-order valence-corrected chi connectivity index (χ4v) is 8.56. The van der Waals surface area contributed by atoms with Crippen LogP contribution in [0.4, 0.5) is 0 Å². The fourth-order valence-electron chi connectivity index (χ4n) is 7.39. The predicted molar refractivity (Wildman–Crippen MR) is 211 cm³/mol. The van der Waals surface area contributed by atoms with Gasteiger partial charge < -0.3 is 8.98 Å². The van der Waals surface area contributed by atoms with Crippen LogP contribution in [-0.2, 0) is 0 Å². The quantitative estimate of drug-likeness (QED) is 0.186. The second-order valence-electron chi connectivity index (χ2n) is 12.4. The van der Waals surface area contributed by atoms with Crippen molar-refractivity contribution in [2.75, 3.05) is 0 Å². The van der Waals surface area contributed by atoms with Crippen LogP contribution >= 0.6 is 11.3 Å². The van der Waals surface area contributed by atoms with Crippen LogP contribution in [0.5, 0.6) is 0 Å². The molecule has 51 heavy (non-hydrogen) atoms. The van der Waals surface area contributed by atoms with Gasteiger partial charge in [0.05, 0.1) is 17.9 Å². The van der Waals surface area contributed by atoms with Crippen LogP contribution in [-0.4, -0.2) is 19.5 Å². The van der Waals surface area contributed by atoms with Gasteiger partial charge in [0.25, 0.3) is 0 Å². The number of hydrogen-bond donors (Lipinski definition) is 0. The summed E-state index contributed by atoms with van der Waals surface area (Å²) < 4.78 is 53.4. The molecule has 238 valence electrons. The number of para-hydroxylation sites is 3. The molecule has 0 aliphatic heterocycles. The molecule has 0 aliphatic rings. The minimum absolute atomic E-state index is 0.0167. The maximum atomic E-state index is 8.84. The molecule has 0 amide bonds. The average Bonchev–Trinajstić information content (AvgIpc) is 3.91. The lowest BCUT2D eigenvalue weighted by Crippen LogP contribution is -2.00. The third-order valence-corrected chi connectivity index (χ3v) is 10.7. The van der Waals surface area contributed by atoms with Gasteiger partial charge >= 0.3 is 0 Å². The maximum Gasteiger partial charge on any atom is 0.164 e. The highest BCUT2D eigenvalue weighted by Crippen LogP contribution is 2.42. The standard InChI is InChI=1S/C45H26N4OS/c1-2-12-27(13-3-1)43-46-44(33-17-10-22-38-41(33)31-16-6-9-21-37(31)50-38)48-45(47-43)34-18-11-23-39-42(34)32-25-24-28(26-40(32)51-39)49-35-19-7-4-14-29(35)30-15-5-8-20-36(30)49/h1-26H/i1D,2D,3D,12D,13D. The van der Waals surface area contributed by atoms with Crippen LogP contribution < -0.4 is 0 Å². The van der Waals surface area contributed by atoms with Gasteiger partial charge in [-0.25, -0.2) is 15.0 Å². The smallest absolute Gasteiger partial charge is 0.164 e.